The van der Waals surface area contributed by atoms with Crippen molar-refractivity contribution in [1.29, 1.82) is 0 Å². The van der Waals surface area contributed by atoms with Gasteiger partial charge >= 0.3 is 12.3 Å². The molecule has 0 atom stereocenters. The van der Waals surface area contributed by atoms with Crippen LogP contribution in [-0.2, 0) is 10.9 Å². The van der Waals surface area contributed by atoms with Crippen molar-refractivity contribution in [2.75, 3.05) is 18.4 Å². The van der Waals surface area contributed by atoms with Gasteiger partial charge < -0.3 is 15.0 Å². The number of carbonyl (C=O) groups excluding carboxylic acids is 2. The standard InChI is InChI=1S/C26H27F3N6O3/c1-16-20(15-32-35(16)22-8-5-18(13-31-22)26(27,28)29)23(36)33-19-6-7-21(30-14-19)17-9-11-34(12-10-17)24(37)38-25(2,3)4/h5-9,13-15H,10-12H2,1-4H3,(H,33,36). The number of rotatable bonds is 4. The third-order valence-electron chi connectivity index (χ3n) is 5.76. The third-order valence-corrected chi connectivity index (χ3v) is 5.76. The van der Waals surface area contributed by atoms with Gasteiger partial charge in [-0.1, -0.05) is 6.08 Å². The SMILES string of the molecule is Cc1c(C(=O)Nc2ccc(C3=CCN(C(=O)OC(C)(C)C)CC3)nc2)cnn1-c1ccc(C(F)(F)F)cn1. The zero-order chi connectivity index (χ0) is 27.7. The topological polar surface area (TPSA) is 102 Å². The normalized spacial score (nSPS) is 14.2. The molecule has 200 valence electrons. The van der Waals surface area contributed by atoms with Crippen LogP contribution >= 0.6 is 0 Å². The molecule has 3 aromatic rings. The second kappa shape index (κ2) is 10.3. The Bertz CT molecular complexity index is 1360. The molecule has 9 nitrogen and oxygen atoms in total. The van der Waals surface area contributed by atoms with Gasteiger partial charge in [0, 0.05) is 19.3 Å². The molecule has 4 heterocycles. The summed E-state index contributed by atoms with van der Waals surface area (Å²) in [5.41, 5.74) is 1.43. The Morgan fingerprint density at radius 3 is 2.34 bits per heavy atom. The van der Waals surface area contributed by atoms with E-state index in [-0.39, 0.29) is 17.5 Å². The van der Waals surface area contributed by atoms with Gasteiger partial charge in [0.2, 0.25) is 0 Å². The van der Waals surface area contributed by atoms with E-state index in [4.69, 9.17) is 4.74 Å². The zero-order valence-electron chi connectivity index (χ0n) is 21.3. The quantitative estimate of drug-likeness (QED) is 0.495. The molecule has 0 saturated carbocycles. The summed E-state index contributed by atoms with van der Waals surface area (Å²) in [6.45, 7) is 8.02. The van der Waals surface area contributed by atoms with E-state index in [1.54, 1.807) is 24.0 Å². The molecule has 3 aromatic heterocycles. The van der Waals surface area contributed by atoms with Gasteiger partial charge in [0.1, 0.15) is 5.60 Å². The molecule has 12 heteroatoms. The molecule has 0 fully saturated rings. The number of alkyl halides is 3. The first-order valence-corrected chi connectivity index (χ1v) is 11.8. The summed E-state index contributed by atoms with van der Waals surface area (Å²) in [7, 11) is 0. The second-order valence-corrected chi connectivity index (χ2v) is 9.75. The fourth-order valence-electron chi connectivity index (χ4n) is 3.79. The highest BCUT2D eigenvalue weighted by molar-refractivity contribution is 6.04. The van der Waals surface area contributed by atoms with E-state index >= 15 is 0 Å². The van der Waals surface area contributed by atoms with Crippen LogP contribution in [0.1, 0.15) is 54.5 Å². The monoisotopic (exact) mass is 528 g/mol. The number of amides is 2. The lowest BCUT2D eigenvalue weighted by atomic mass is 10.0. The number of carbonyl (C=O) groups is 2. The average Bonchev–Trinajstić information content (AvgIpc) is 3.24. The minimum Gasteiger partial charge on any atom is -0.444 e. The molecule has 0 aromatic carbocycles. The molecule has 0 unspecified atom stereocenters. The summed E-state index contributed by atoms with van der Waals surface area (Å²) in [5, 5.41) is 6.86. The summed E-state index contributed by atoms with van der Waals surface area (Å²) >= 11 is 0. The Kier molecular flexibility index (Phi) is 7.25. The molecular formula is C26H27F3N6O3. The molecule has 1 aliphatic rings. The number of aromatic nitrogens is 4. The lowest BCUT2D eigenvalue weighted by Crippen LogP contribution is -2.39. The Balaban J connectivity index is 1.39. The van der Waals surface area contributed by atoms with Crippen molar-refractivity contribution in [2.24, 2.45) is 0 Å². The number of nitrogens with one attached hydrogen (secondary N) is 1. The Hall–Kier alpha value is -4.22. The molecule has 1 aliphatic heterocycles. The van der Waals surface area contributed by atoms with Gasteiger partial charge in [0.05, 0.1) is 40.6 Å². The van der Waals surface area contributed by atoms with Crippen LogP contribution in [0.15, 0.2) is 48.9 Å². The lowest BCUT2D eigenvalue weighted by molar-refractivity contribution is -0.137. The first-order chi connectivity index (χ1) is 17.8. The molecule has 1 N–H and O–H groups in total. The van der Waals surface area contributed by atoms with E-state index in [2.05, 4.69) is 20.4 Å². The largest absolute Gasteiger partial charge is 0.444 e. The maximum atomic E-state index is 12.8. The van der Waals surface area contributed by atoms with Gasteiger partial charge in [-0.3, -0.25) is 9.78 Å². The number of halogens is 3. The number of hydrogen-bond acceptors (Lipinski definition) is 6. The molecule has 38 heavy (non-hydrogen) atoms. The van der Waals surface area contributed by atoms with Crippen molar-refractivity contribution in [1.82, 2.24) is 24.6 Å². The van der Waals surface area contributed by atoms with Crippen LogP contribution in [-0.4, -0.2) is 55.3 Å². The van der Waals surface area contributed by atoms with Crippen molar-refractivity contribution in [3.63, 3.8) is 0 Å². The number of nitrogens with zero attached hydrogens (tertiary/aromatic N) is 5. The van der Waals surface area contributed by atoms with Crippen LogP contribution < -0.4 is 5.32 Å². The van der Waals surface area contributed by atoms with Crippen LogP contribution in [0, 0.1) is 6.92 Å². The number of ether oxygens (including phenoxy) is 1. The van der Waals surface area contributed by atoms with Gasteiger partial charge in [-0.2, -0.15) is 18.3 Å². The summed E-state index contributed by atoms with van der Waals surface area (Å²) in [4.78, 5) is 35.0. The molecular weight excluding hydrogens is 501 g/mol. The molecule has 0 aliphatic carbocycles. The average molecular weight is 529 g/mol. The first-order valence-electron chi connectivity index (χ1n) is 11.8. The highest BCUT2D eigenvalue weighted by Gasteiger charge is 2.31. The van der Waals surface area contributed by atoms with Crippen molar-refractivity contribution in [3.8, 4) is 5.82 Å². The van der Waals surface area contributed by atoms with Gasteiger partial charge in [-0.05, 0) is 64.0 Å². The van der Waals surface area contributed by atoms with Crippen LogP contribution in [0.3, 0.4) is 0 Å². The summed E-state index contributed by atoms with van der Waals surface area (Å²) in [6.07, 6.45) is 1.29. The van der Waals surface area contributed by atoms with E-state index < -0.39 is 23.2 Å². The Labute approximate surface area is 217 Å². The number of hydrogen-bond donors (Lipinski definition) is 1. The maximum absolute atomic E-state index is 12.8. The highest BCUT2D eigenvalue weighted by atomic mass is 19.4. The Morgan fingerprint density at radius 2 is 1.79 bits per heavy atom. The maximum Gasteiger partial charge on any atom is 0.417 e. The predicted octanol–water partition coefficient (Wildman–Crippen LogP) is 5.27. The fourth-order valence-corrected chi connectivity index (χ4v) is 3.79. The van der Waals surface area contributed by atoms with Crippen LogP contribution in [0.25, 0.3) is 11.4 Å². The molecule has 0 radical (unpaired) electrons. The van der Waals surface area contributed by atoms with Crippen LogP contribution in [0.2, 0.25) is 0 Å². The fraction of sp³-hybridized carbons (Fsp3) is 0.346. The minimum atomic E-state index is -4.49. The van der Waals surface area contributed by atoms with Crippen molar-refractivity contribution < 1.29 is 27.5 Å². The number of pyridine rings is 2. The van der Waals surface area contributed by atoms with Crippen LogP contribution in [0.4, 0.5) is 23.7 Å². The molecule has 0 spiro atoms. The van der Waals surface area contributed by atoms with E-state index in [1.165, 1.54) is 23.1 Å². The molecule has 2 amide bonds. The van der Waals surface area contributed by atoms with Gasteiger partial charge in [0.15, 0.2) is 5.82 Å². The zero-order valence-corrected chi connectivity index (χ0v) is 21.3. The van der Waals surface area contributed by atoms with E-state index in [9.17, 15) is 22.8 Å². The Morgan fingerprint density at radius 1 is 1.03 bits per heavy atom. The summed E-state index contributed by atoms with van der Waals surface area (Å²) < 4.78 is 45.1. The second-order valence-electron chi connectivity index (χ2n) is 9.75. The van der Waals surface area contributed by atoms with Crippen LogP contribution in [0.5, 0.6) is 0 Å². The smallest absolute Gasteiger partial charge is 0.417 e. The lowest BCUT2D eigenvalue weighted by Gasteiger charge is -2.29. The summed E-state index contributed by atoms with van der Waals surface area (Å²) in [5.74, 6) is -0.286. The van der Waals surface area contributed by atoms with Gasteiger partial charge in [0.25, 0.3) is 5.91 Å². The first kappa shape index (κ1) is 26.8. The van der Waals surface area contributed by atoms with Gasteiger partial charge in [-0.25, -0.2) is 14.5 Å². The van der Waals surface area contributed by atoms with E-state index in [1.807, 2.05) is 26.8 Å². The molecule has 0 bridgehead atoms. The predicted molar refractivity (Wildman–Crippen MR) is 134 cm³/mol. The molecule has 4 rings (SSSR count). The van der Waals surface area contributed by atoms with Crippen molar-refractivity contribution in [3.05, 3.63) is 71.4 Å². The van der Waals surface area contributed by atoms with Crippen molar-refractivity contribution >= 4 is 23.3 Å². The third kappa shape index (κ3) is 6.18. The van der Waals surface area contributed by atoms with Crippen molar-refractivity contribution in [2.45, 2.75) is 45.9 Å². The number of anilines is 1. The summed E-state index contributed by atoms with van der Waals surface area (Å²) in [6, 6.07) is 5.61. The van der Waals surface area contributed by atoms with E-state index in [0.717, 1.165) is 23.5 Å². The van der Waals surface area contributed by atoms with E-state index in [0.29, 0.717) is 30.9 Å². The minimum absolute atomic E-state index is 0.159. The highest BCUT2D eigenvalue weighted by Crippen LogP contribution is 2.29. The van der Waals surface area contributed by atoms with Gasteiger partial charge in [-0.15, -0.1) is 0 Å². The molecule has 0 saturated heterocycles.